The van der Waals surface area contributed by atoms with E-state index in [4.69, 9.17) is 9.97 Å². The number of hydrogen-bond donors (Lipinski definition) is 0. The van der Waals surface area contributed by atoms with Crippen LogP contribution >= 0.6 is 11.3 Å². The van der Waals surface area contributed by atoms with Crippen molar-refractivity contribution in [2.24, 2.45) is 0 Å². The van der Waals surface area contributed by atoms with E-state index in [2.05, 4.69) is 136 Å². The van der Waals surface area contributed by atoms with Crippen LogP contribution in [-0.2, 0) is 0 Å². The Morgan fingerprint density at radius 2 is 1.06 bits per heavy atom. The zero-order chi connectivity index (χ0) is 34.4. The van der Waals surface area contributed by atoms with Gasteiger partial charge in [-0.15, -0.1) is 11.3 Å². The number of nitrogens with zero attached hydrogens (tertiary/aromatic N) is 5. The van der Waals surface area contributed by atoms with E-state index in [1.165, 1.54) is 42.4 Å². The van der Waals surface area contributed by atoms with Crippen LogP contribution in [-0.4, -0.2) is 24.5 Å². The SMILES string of the molecule is c1ccc(-c2sc3c(ccc4c3c3ccccc3n4-c3cccc(-c4nc(-c5ccncc5)cc(-c5ccncc5)n4)c3)c2-c2ccccc2)cc1. The number of aromatic nitrogens is 5. The molecule has 5 aromatic carbocycles. The fraction of sp³-hybridized carbons (Fsp3) is 0. The molecule has 0 radical (unpaired) electrons. The average Bonchev–Trinajstić information content (AvgIpc) is 3.78. The predicted octanol–water partition coefficient (Wildman–Crippen LogP) is 11.9. The van der Waals surface area contributed by atoms with Crippen LogP contribution in [0.1, 0.15) is 0 Å². The lowest BCUT2D eigenvalue weighted by Crippen LogP contribution is -1.98. The zero-order valence-electron chi connectivity index (χ0n) is 27.9. The minimum absolute atomic E-state index is 0.657. The first-order chi connectivity index (χ1) is 25.8. The van der Waals surface area contributed by atoms with Crippen LogP contribution in [0.3, 0.4) is 0 Å². The first kappa shape index (κ1) is 30.1. The van der Waals surface area contributed by atoms with Gasteiger partial charge in [0.05, 0.1) is 22.4 Å². The van der Waals surface area contributed by atoms with Gasteiger partial charge in [0, 0.05) is 78.5 Å². The first-order valence-electron chi connectivity index (χ1n) is 17.2. The van der Waals surface area contributed by atoms with Crippen molar-refractivity contribution in [1.29, 1.82) is 0 Å². The summed E-state index contributed by atoms with van der Waals surface area (Å²) in [6.07, 6.45) is 7.18. The highest BCUT2D eigenvalue weighted by Gasteiger charge is 2.22. The summed E-state index contributed by atoms with van der Waals surface area (Å²) < 4.78 is 3.67. The van der Waals surface area contributed by atoms with Crippen molar-refractivity contribution in [3.05, 3.63) is 176 Å². The molecule has 0 amide bonds. The Labute approximate surface area is 304 Å². The zero-order valence-corrected chi connectivity index (χ0v) is 28.7. The number of rotatable bonds is 6. The Bertz CT molecular complexity index is 2820. The normalized spacial score (nSPS) is 11.5. The molecule has 244 valence electrons. The smallest absolute Gasteiger partial charge is 0.160 e. The second-order valence-corrected chi connectivity index (χ2v) is 13.7. The van der Waals surface area contributed by atoms with E-state index < -0.39 is 0 Å². The number of hydrogen-bond acceptors (Lipinski definition) is 5. The van der Waals surface area contributed by atoms with Gasteiger partial charge >= 0.3 is 0 Å². The highest BCUT2D eigenvalue weighted by Crippen LogP contribution is 2.49. The molecule has 52 heavy (non-hydrogen) atoms. The Morgan fingerprint density at radius 3 is 1.75 bits per heavy atom. The fourth-order valence-corrected chi connectivity index (χ4v) is 8.66. The Kier molecular flexibility index (Phi) is 7.25. The van der Waals surface area contributed by atoms with Gasteiger partial charge in [0.1, 0.15) is 0 Å². The molecule has 0 saturated heterocycles. The van der Waals surface area contributed by atoms with Crippen LogP contribution in [0.25, 0.3) is 93.0 Å². The highest BCUT2D eigenvalue weighted by atomic mass is 32.1. The minimum atomic E-state index is 0.657. The third-order valence-electron chi connectivity index (χ3n) is 9.63. The first-order valence-corrected chi connectivity index (χ1v) is 18.0. The average molecular weight is 684 g/mol. The molecule has 5 aromatic heterocycles. The van der Waals surface area contributed by atoms with Crippen LogP contribution in [0, 0.1) is 0 Å². The molecule has 0 aliphatic heterocycles. The summed E-state index contributed by atoms with van der Waals surface area (Å²) in [6, 6.07) is 53.4. The van der Waals surface area contributed by atoms with Gasteiger partial charge in [-0.2, -0.15) is 0 Å². The van der Waals surface area contributed by atoms with Crippen LogP contribution in [0.2, 0.25) is 0 Å². The Hall–Kier alpha value is -6.76. The summed E-state index contributed by atoms with van der Waals surface area (Å²) in [6.45, 7) is 0. The number of fused-ring (bicyclic) bond motifs is 5. The Balaban J connectivity index is 1.20. The molecule has 0 saturated carbocycles. The van der Waals surface area contributed by atoms with Crippen molar-refractivity contribution >= 4 is 43.2 Å². The van der Waals surface area contributed by atoms with Gasteiger partial charge in [0.25, 0.3) is 0 Å². The van der Waals surface area contributed by atoms with E-state index in [1.54, 1.807) is 24.8 Å². The summed E-state index contributed by atoms with van der Waals surface area (Å²) in [5.74, 6) is 0.657. The molecular formula is C46H29N5S. The van der Waals surface area contributed by atoms with Crippen LogP contribution < -0.4 is 0 Å². The molecule has 0 aliphatic rings. The largest absolute Gasteiger partial charge is 0.309 e. The van der Waals surface area contributed by atoms with Crippen molar-refractivity contribution in [3.63, 3.8) is 0 Å². The lowest BCUT2D eigenvalue weighted by atomic mass is 9.98. The van der Waals surface area contributed by atoms with Gasteiger partial charge in [-0.1, -0.05) is 97.1 Å². The van der Waals surface area contributed by atoms with Gasteiger partial charge in [-0.3, -0.25) is 9.97 Å². The predicted molar refractivity (Wildman–Crippen MR) is 215 cm³/mol. The van der Waals surface area contributed by atoms with Crippen molar-refractivity contribution in [2.45, 2.75) is 0 Å². The third kappa shape index (κ3) is 5.08. The molecular weight excluding hydrogens is 655 g/mol. The highest BCUT2D eigenvalue weighted by molar-refractivity contribution is 7.24. The summed E-state index contributed by atoms with van der Waals surface area (Å²) in [4.78, 5) is 19.9. The molecule has 0 atom stereocenters. The van der Waals surface area contributed by atoms with Crippen molar-refractivity contribution < 1.29 is 0 Å². The lowest BCUT2D eigenvalue weighted by Gasteiger charge is -2.12. The van der Waals surface area contributed by atoms with Gasteiger partial charge in [0.2, 0.25) is 0 Å². The lowest BCUT2D eigenvalue weighted by molar-refractivity contribution is 1.15. The second-order valence-electron chi connectivity index (χ2n) is 12.7. The Morgan fingerprint density at radius 1 is 0.442 bits per heavy atom. The minimum Gasteiger partial charge on any atom is -0.309 e. The van der Waals surface area contributed by atoms with Crippen molar-refractivity contribution in [2.75, 3.05) is 0 Å². The van der Waals surface area contributed by atoms with E-state index in [1.807, 2.05) is 41.7 Å². The van der Waals surface area contributed by atoms with E-state index >= 15 is 0 Å². The van der Waals surface area contributed by atoms with Crippen molar-refractivity contribution in [3.8, 4) is 61.2 Å². The molecule has 0 bridgehead atoms. The summed E-state index contributed by atoms with van der Waals surface area (Å²) in [7, 11) is 0. The third-order valence-corrected chi connectivity index (χ3v) is 10.9. The van der Waals surface area contributed by atoms with Gasteiger partial charge in [0.15, 0.2) is 5.82 Å². The molecule has 0 N–H and O–H groups in total. The second kappa shape index (κ2) is 12.5. The molecule has 0 fully saturated rings. The summed E-state index contributed by atoms with van der Waals surface area (Å²) >= 11 is 1.88. The van der Waals surface area contributed by atoms with Crippen molar-refractivity contribution in [1.82, 2.24) is 24.5 Å². The standard InChI is InChI=1S/C46H29N5S/c1-3-10-32(11-4-1)42-37-18-19-41-43(45(37)52-44(42)33-12-5-2-6-13-33)36-16-7-8-17-40(36)51(41)35-15-9-14-34(28-35)46-49-38(30-20-24-47-25-21-30)29-39(50-46)31-22-26-48-27-23-31/h1-29H. The molecule has 10 rings (SSSR count). The summed E-state index contributed by atoms with van der Waals surface area (Å²) in [5, 5.41) is 3.76. The van der Waals surface area contributed by atoms with E-state index in [0.29, 0.717) is 5.82 Å². The molecule has 10 aromatic rings. The fourth-order valence-electron chi connectivity index (χ4n) is 7.27. The van der Waals surface area contributed by atoms with Gasteiger partial charge in [-0.25, -0.2) is 9.97 Å². The number of para-hydroxylation sites is 1. The molecule has 5 nitrogen and oxygen atoms in total. The number of thiophene rings is 1. The molecule has 0 aliphatic carbocycles. The van der Waals surface area contributed by atoms with Crippen LogP contribution in [0.15, 0.2) is 176 Å². The van der Waals surface area contributed by atoms with Crippen LogP contribution in [0.5, 0.6) is 0 Å². The molecule has 0 unspecified atom stereocenters. The van der Waals surface area contributed by atoms with E-state index in [-0.39, 0.29) is 0 Å². The molecule has 5 heterocycles. The summed E-state index contributed by atoms with van der Waals surface area (Å²) in [5.41, 5.74) is 11.7. The van der Waals surface area contributed by atoms with E-state index in [0.717, 1.165) is 44.8 Å². The van der Waals surface area contributed by atoms with Gasteiger partial charge < -0.3 is 4.57 Å². The van der Waals surface area contributed by atoms with E-state index in [9.17, 15) is 0 Å². The molecule has 6 heteroatoms. The maximum atomic E-state index is 5.10. The topological polar surface area (TPSA) is 56.5 Å². The van der Waals surface area contributed by atoms with Crippen LogP contribution in [0.4, 0.5) is 0 Å². The maximum absolute atomic E-state index is 5.10. The number of pyridine rings is 2. The monoisotopic (exact) mass is 683 g/mol. The quantitative estimate of drug-likeness (QED) is 0.175. The molecule has 0 spiro atoms. The maximum Gasteiger partial charge on any atom is 0.160 e. The number of benzene rings is 5. The van der Waals surface area contributed by atoms with Gasteiger partial charge in [-0.05, 0) is 65.7 Å².